The van der Waals surface area contributed by atoms with Gasteiger partial charge in [-0.15, -0.1) is 0 Å². The van der Waals surface area contributed by atoms with Crippen molar-refractivity contribution in [2.24, 2.45) is 0 Å². The van der Waals surface area contributed by atoms with Gasteiger partial charge in [0.15, 0.2) is 0 Å². The maximum Gasteiger partial charge on any atom is -0.0109 e. The predicted octanol–water partition coefficient (Wildman–Crippen LogP) is 9.01. The van der Waals surface area contributed by atoms with E-state index in [-0.39, 0.29) is 0 Å². The molecule has 0 fully saturated rings. The van der Waals surface area contributed by atoms with E-state index in [1.54, 1.807) is 0 Å². The molecule has 0 heteroatoms. The monoisotopic (exact) mass is 374 g/mol. The fraction of sp³-hybridized carbons (Fsp3) is 0.357. The van der Waals surface area contributed by atoms with Gasteiger partial charge in [-0.2, -0.15) is 0 Å². The molecule has 0 aliphatic carbocycles. The summed E-state index contributed by atoms with van der Waals surface area (Å²) < 4.78 is 0. The third kappa shape index (κ3) is 7.00. The molecule has 150 valence electrons. The van der Waals surface area contributed by atoms with Crippen molar-refractivity contribution in [1.29, 1.82) is 0 Å². The second-order valence-corrected chi connectivity index (χ2v) is 7.15. The molecule has 1 aromatic rings. The maximum absolute atomic E-state index is 4.54. The molecule has 0 aromatic heterocycles. The quantitative estimate of drug-likeness (QED) is 0.339. The Morgan fingerprint density at radius 1 is 0.964 bits per heavy atom. The molecule has 0 amide bonds. The number of hydrogen-bond acceptors (Lipinski definition) is 0. The fourth-order valence-electron chi connectivity index (χ4n) is 3.39. The molecule has 1 aromatic carbocycles. The molecule has 0 nitrogen and oxygen atoms in total. The van der Waals surface area contributed by atoms with Crippen molar-refractivity contribution >= 4 is 5.57 Å². The summed E-state index contributed by atoms with van der Waals surface area (Å²) in [5.41, 5.74) is 8.65. The maximum atomic E-state index is 4.54. The Morgan fingerprint density at radius 2 is 1.64 bits per heavy atom. The van der Waals surface area contributed by atoms with Crippen LogP contribution in [-0.2, 0) is 0 Å². The smallest absolute Gasteiger partial charge is 0.0109 e. The van der Waals surface area contributed by atoms with Gasteiger partial charge in [0, 0.05) is 0 Å². The molecule has 0 bridgehead atoms. The summed E-state index contributed by atoms with van der Waals surface area (Å²) in [4.78, 5) is 0. The highest BCUT2D eigenvalue weighted by atomic mass is 14.2. The standard InChI is InChI=1S/C28H38/c1-8-12-14-18-22(5)23(6)21-28(26-19-15-13-16-20-26)24(7)27(11-4)25(10-3)17-9-2/h12-16,18-21H,6-11,17H2,1-5H3. The van der Waals surface area contributed by atoms with Crippen LogP contribution < -0.4 is 0 Å². The van der Waals surface area contributed by atoms with Gasteiger partial charge in [0.1, 0.15) is 0 Å². The van der Waals surface area contributed by atoms with Crippen LogP contribution in [0.25, 0.3) is 5.57 Å². The van der Waals surface area contributed by atoms with Gasteiger partial charge in [-0.3, -0.25) is 0 Å². The summed E-state index contributed by atoms with van der Waals surface area (Å²) in [6, 6.07) is 10.6. The lowest BCUT2D eigenvalue weighted by Gasteiger charge is -2.19. The zero-order valence-electron chi connectivity index (χ0n) is 18.6. The van der Waals surface area contributed by atoms with Crippen LogP contribution in [0.2, 0.25) is 0 Å². The van der Waals surface area contributed by atoms with E-state index < -0.39 is 0 Å². The first-order valence-electron chi connectivity index (χ1n) is 10.7. The van der Waals surface area contributed by atoms with Crippen molar-refractivity contribution in [1.82, 2.24) is 0 Å². The fourth-order valence-corrected chi connectivity index (χ4v) is 3.39. The lowest BCUT2D eigenvalue weighted by molar-refractivity contribution is 0.834. The molecule has 0 saturated heterocycles. The van der Waals surface area contributed by atoms with Gasteiger partial charge in [-0.05, 0) is 72.1 Å². The van der Waals surface area contributed by atoms with Gasteiger partial charge in [-0.25, -0.2) is 0 Å². The number of allylic oxidation sites excluding steroid dienone is 10. The SMILES string of the molecule is C=C(C=C(C(=C)C(CC)=C(CC)CCC)c1ccccc1)C(C)=CC=CCC. The molecule has 1 rings (SSSR count). The third-order valence-electron chi connectivity index (χ3n) is 5.08. The largest absolute Gasteiger partial charge is 0.0915 e. The number of benzene rings is 1. The Morgan fingerprint density at radius 3 is 2.18 bits per heavy atom. The van der Waals surface area contributed by atoms with Gasteiger partial charge in [0.05, 0.1) is 0 Å². The first kappa shape index (κ1) is 23.7. The van der Waals surface area contributed by atoms with E-state index in [1.807, 2.05) is 0 Å². The van der Waals surface area contributed by atoms with Crippen LogP contribution in [0, 0.1) is 0 Å². The highest BCUT2D eigenvalue weighted by molar-refractivity contribution is 5.85. The van der Waals surface area contributed by atoms with Crippen LogP contribution in [0.15, 0.2) is 95.7 Å². The highest BCUT2D eigenvalue weighted by Crippen LogP contribution is 2.34. The van der Waals surface area contributed by atoms with Crippen LogP contribution in [-0.4, -0.2) is 0 Å². The first-order valence-corrected chi connectivity index (χ1v) is 10.7. The Labute approximate surface area is 173 Å². The van der Waals surface area contributed by atoms with E-state index in [1.165, 1.54) is 34.3 Å². The summed E-state index contributed by atoms with van der Waals surface area (Å²) in [5.74, 6) is 0. The van der Waals surface area contributed by atoms with Crippen LogP contribution in [0.4, 0.5) is 0 Å². The van der Waals surface area contributed by atoms with E-state index in [9.17, 15) is 0 Å². The molecule has 0 spiro atoms. The van der Waals surface area contributed by atoms with Crippen LogP contribution in [0.3, 0.4) is 0 Å². The molecule has 0 heterocycles. The molecule has 0 unspecified atom stereocenters. The van der Waals surface area contributed by atoms with E-state index >= 15 is 0 Å². The Kier molecular flexibility index (Phi) is 11.0. The van der Waals surface area contributed by atoms with Crippen molar-refractivity contribution < 1.29 is 0 Å². The molecule has 0 atom stereocenters. The topological polar surface area (TPSA) is 0 Å². The minimum atomic E-state index is 1.01. The van der Waals surface area contributed by atoms with Gasteiger partial charge >= 0.3 is 0 Å². The number of rotatable bonds is 11. The number of hydrogen-bond donors (Lipinski definition) is 0. The predicted molar refractivity (Wildman–Crippen MR) is 128 cm³/mol. The average Bonchev–Trinajstić information content (AvgIpc) is 2.72. The van der Waals surface area contributed by atoms with E-state index in [2.05, 4.69) is 102 Å². The van der Waals surface area contributed by atoms with Crippen LogP contribution in [0.5, 0.6) is 0 Å². The molecule has 28 heavy (non-hydrogen) atoms. The molecule has 0 aliphatic rings. The normalized spacial score (nSPS) is 13.6. The lowest BCUT2D eigenvalue weighted by atomic mass is 9.86. The molecule has 0 aliphatic heterocycles. The van der Waals surface area contributed by atoms with Gasteiger partial charge in [-0.1, -0.05) is 101 Å². The minimum Gasteiger partial charge on any atom is -0.0915 e. The minimum absolute atomic E-state index is 1.01. The summed E-state index contributed by atoms with van der Waals surface area (Å²) in [6.07, 6.45) is 14.1. The van der Waals surface area contributed by atoms with Crippen molar-refractivity contribution in [2.45, 2.75) is 66.7 Å². The molecule has 0 N–H and O–H groups in total. The van der Waals surface area contributed by atoms with E-state index in [0.29, 0.717) is 0 Å². The summed E-state index contributed by atoms with van der Waals surface area (Å²) >= 11 is 0. The second-order valence-electron chi connectivity index (χ2n) is 7.15. The second kappa shape index (κ2) is 12.9. The Hall–Kier alpha value is -2.34. The molecule has 0 radical (unpaired) electrons. The zero-order chi connectivity index (χ0) is 20.9. The van der Waals surface area contributed by atoms with Gasteiger partial charge in [0.25, 0.3) is 0 Å². The first-order chi connectivity index (χ1) is 13.5. The summed E-state index contributed by atoms with van der Waals surface area (Å²) in [7, 11) is 0. The van der Waals surface area contributed by atoms with Crippen molar-refractivity contribution in [3.05, 3.63) is 101 Å². The highest BCUT2D eigenvalue weighted by Gasteiger charge is 2.14. The van der Waals surface area contributed by atoms with E-state index in [0.717, 1.165) is 36.8 Å². The summed E-state index contributed by atoms with van der Waals surface area (Å²) in [5, 5.41) is 0. The van der Waals surface area contributed by atoms with E-state index in [4.69, 9.17) is 0 Å². The Bertz CT molecular complexity index is 764. The van der Waals surface area contributed by atoms with Gasteiger partial charge in [0.2, 0.25) is 0 Å². The van der Waals surface area contributed by atoms with Gasteiger partial charge < -0.3 is 0 Å². The van der Waals surface area contributed by atoms with Crippen molar-refractivity contribution in [3.63, 3.8) is 0 Å². The van der Waals surface area contributed by atoms with Crippen LogP contribution in [0.1, 0.15) is 72.3 Å². The third-order valence-corrected chi connectivity index (χ3v) is 5.08. The average molecular weight is 375 g/mol. The van der Waals surface area contributed by atoms with Crippen molar-refractivity contribution in [2.75, 3.05) is 0 Å². The molecular formula is C28H38. The zero-order valence-corrected chi connectivity index (χ0v) is 18.6. The molecule has 0 saturated carbocycles. The lowest BCUT2D eigenvalue weighted by Crippen LogP contribution is -1.99. The van der Waals surface area contributed by atoms with Crippen LogP contribution >= 0.6 is 0 Å². The summed E-state index contributed by atoms with van der Waals surface area (Å²) in [6.45, 7) is 19.9. The molecular weight excluding hydrogens is 336 g/mol. The Balaban J connectivity index is 3.45. The van der Waals surface area contributed by atoms with Crippen molar-refractivity contribution in [3.8, 4) is 0 Å².